The Kier molecular flexibility index (Phi) is 2.98. The third-order valence-electron chi connectivity index (χ3n) is 2.23. The molecule has 0 aromatic rings. The number of nitrogens with zero attached hydrogens (tertiary/aromatic N) is 2. The molecule has 1 aliphatic heterocycles. The van der Waals surface area contributed by atoms with Crippen molar-refractivity contribution < 1.29 is 24.6 Å². The number of carboxylic acid groups (broad SMARTS) is 2. The molecule has 1 atom stereocenters. The van der Waals surface area contributed by atoms with Gasteiger partial charge in [0.15, 0.2) is 0 Å². The number of nitrogens with two attached hydrogens (primary N) is 1. The summed E-state index contributed by atoms with van der Waals surface area (Å²) < 4.78 is 0. The second-order valence-electron chi connectivity index (χ2n) is 3.12. The largest absolute Gasteiger partial charge is 0.465 e. The fourth-order valence-electron chi connectivity index (χ4n) is 1.43. The van der Waals surface area contributed by atoms with E-state index in [0.29, 0.717) is 0 Å². The summed E-state index contributed by atoms with van der Waals surface area (Å²) in [5.74, 6) is -0.844. The van der Waals surface area contributed by atoms with Gasteiger partial charge in [-0.3, -0.25) is 9.69 Å². The van der Waals surface area contributed by atoms with E-state index >= 15 is 0 Å². The first kappa shape index (κ1) is 11.1. The Hall–Kier alpha value is -1.99. The average Bonchev–Trinajstić information content (AvgIpc) is 2.16. The number of rotatable bonds is 1. The molecular weight excluding hydrogens is 206 g/mol. The molecule has 1 saturated heterocycles. The van der Waals surface area contributed by atoms with Crippen molar-refractivity contribution in [2.45, 2.75) is 6.04 Å². The number of hydrogen-bond acceptors (Lipinski definition) is 3. The zero-order chi connectivity index (χ0) is 11.6. The van der Waals surface area contributed by atoms with Crippen LogP contribution in [0.25, 0.3) is 0 Å². The van der Waals surface area contributed by atoms with E-state index in [2.05, 4.69) is 0 Å². The Morgan fingerprint density at radius 3 is 2.13 bits per heavy atom. The van der Waals surface area contributed by atoms with Gasteiger partial charge in [-0.2, -0.15) is 0 Å². The van der Waals surface area contributed by atoms with E-state index in [4.69, 9.17) is 15.9 Å². The van der Waals surface area contributed by atoms with Crippen LogP contribution in [-0.4, -0.2) is 63.8 Å². The van der Waals surface area contributed by atoms with Crippen LogP contribution in [0, 0.1) is 0 Å². The average molecular weight is 217 g/mol. The molecule has 8 heteroatoms. The smallest absolute Gasteiger partial charge is 0.408 e. The molecule has 84 valence electrons. The van der Waals surface area contributed by atoms with Gasteiger partial charge in [0.25, 0.3) is 0 Å². The molecule has 1 rings (SSSR count). The van der Waals surface area contributed by atoms with E-state index < -0.39 is 24.1 Å². The first-order valence-corrected chi connectivity index (χ1v) is 4.20. The standard InChI is InChI=1S/C7H11N3O5/c8-5(11)4-3-9(6(12)13)1-2-10(4)7(14)15/h4H,1-3H2,(H2,8,11)(H,12,13)(H,14,15). The molecule has 1 unspecified atom stereocenters. The van der Waals surface area contributed by atoms with Crippen LogP contribution in [0.5, 0.6) is 0 Å². The predicted octanol–water partition coefficient (Wildman–Crippen LogP) is -1.19. The first-order valence-electron chi connectivity index (χ1n) is 4.20. The highest BCUT2D eigenvalue weighted by atomic mass is 16.4. The first-order chi connectivity index (χ1) is 6.93. The van der Waals surface area contributed by atoms with Gasteiger partial charge < -0.3 is 20.8 Å². The van der Waals surface area contributed by atoms with Crippen LogP contribution in [-0.2, 0) is 4.79 Å². The van der Waals surface area contributed by atoms with Crippen LogP contribution in [0.2, 0.25) is 0 Å². The van der Waals surface area contributed by atoms with Gasteiger partial charge in [-0.05, 0) is 0 Å². The minimum absolute atomic E-state index is 0.0464. The van der Waals surface area contributed by atoms with Gasteiger partial charge in [0, 0.05) is 13.1 Å². The summed E-state index contributed by atoms with van der Waals surface area (Å²) in [4.78, 5) is 34.1. The third-order valence-corrected chi connectivity index (χ3v) is 2.23. The number of amides is 3. The highest BCUT2D eigenvalue weighted by molar-refractivity contribution is 5.85. The topological polar surface area (TPSA) is 124 Å². The van der Waals surface area contributed by atoms with Crippen LogP contribution in [0.4, 0.5) is 9.59 Å². The van der Waals surface area contributed by atoms with E-state index in [1.807, 2.05) is 0 Å². The van der Waals surface area contributed by atoms with Crippen molar-refractivity contribution in [3.8, 4) is 0 Å². The molecule has 1 aliphatic rings. The number of piperazine rings is 1. The Balaban J connectivity index is 2.78. The summed E-state index contributed by atoms with van der Waals surface area (Å²) in [6, 6.07) is -1.10. The maximum absolute atomic E-state index is 10.9. The van der Waals surface area contributed by atoms with Crippen LogP contribution < -0.4 is 5.73 Å². The molecule has 0 aromatic heterocycles. The van der Waals surface area contributed by atoms with Crippen molar-refractivity contribution in [1.29, 1.82) is 0 Å². The maximum atomic E-state index is 10.9. The fourth-order valence-corrected chi connectivity index (χ4v) is 1.43. The van der Waals surface area contributed by atoms with Crippen molar-refractivity contribution >= 4 is 18.1 Å². The number of carbonyl (C=O) groups excluding carboxylic acids is 1. The molecule has 0 radical (unpaired) electrons. The third kappa shape index (κ3) is 2.27. The van der Waals surface area contributed by atoms with Gasteiger partial charge in [-0.1, -0.05) is 0 Å². The summed E-state index contributed by atoms with van der Waals surface area (Å²) in [7, 11) is 0. The molecule has 0 saturated carbocycles. The molecule has 8 nitrogen and oxygen atoms in total. The molecule has 3 amide bonds. The van der Waals surface area contributed by atoms with E-state index in [9.17, 15) is 14.4 Å². The number of carbonyl (C=O) groups is 3. The van der Waals surface area contributed by atoms with Crippen molar-refractivity contribution in [3.05, 3.63) is 0 Å². The number of primary amides is 1. The van der Waals surface area contributed by atoms with E-state index in [1.54, 1.807) is 0 Å². The monoisotopic (exact) mass is 217 g/mol. The zero-order valence-corrected chi connectivity index (χ0v) is 7.79. The minimum Gasteiger partial charge on any atom is -0.465 e. The van der Waals surface area contributed by atoms with Gasteiger partial charge in [0.2, 0.25) is 5.91 Å². The lowest BCUT2D eigenvalue weighted by Crippen LogP contribution is -2.60. The SMILES string of the molecule is NC(=O)C1CN(C(=O)O)CCN1C(=O)O. The summed E-state index contributed by atoms with van der Waals surface area (Å²) in [5, 5.41) is 17.4. The fraction of sp³-hybridized carbons (Fsp3) is 0.571. The van der Waals surface area contributed by atoms with Crippen molar-refractivity contribution in [3.63, 3.8) is 0 Å². The summed E-state index contributed by atoms with van der Waals surface area (Å²) in [6.07, 6.45) is -2.46. The number of hydrogen-bond donors (Lipinski definition) is 3. The van der Waals surface area contributed by atoms with E-state index in [-0.39, 0.29) is 19.6 Å². The lowest BCUT2D eigenvalue weighted by atomic mass is 10.2. The summed E-state index contributed by atoms with van der Waals surface area (Å²) in [6.45, 7) is -0.211. The van der Waals surface area contributed by atoms with Crippen molar-refractivity contribution in [1.82, 2.24) is 9.80 Å². The van der Waals surface area contributed by atoms with E-state index in [1.165, 1.54) is 0 Å². The van der Waals surface area contributed by atoms with Gasteiger partial charge in [0.05, 0.1) is 6.54 Å². The molecule has 0 bridgehead atoms. The molecule has 1 heterocycles. The van der Waals surface area contributed by atoms with Gasteiger partial charge >= 0.3 is 12.2 Å². The lowest BCUT2D eigenvalue weighted by Gasteiger charge is -2.36. The summed E-state index contributed by atoms with van der Waals surface area (Å²) in [5.41, 5.74) is 4.99. The molecule has 1 fully saturated rings. The molecule has 0 aliphatic carbocycles. The van der Waals surface area contributed by atoms with Gasteiger partial charge in [-0.25, -0.2) is 9.59 Å². The van der Waals surface area contributed by atoms with Gasteiger partial charge in [0.1, 0.15) is 6.04 Å². The second kappa shape index (κ2) is 4.03. The van der Waals surface area contributed by atoms with Crippen LogP contribution in [0.3, 0.4) is 0 Å². The van der Waals surface area contributed by atoms with Crippen molar-refractivity contribution in [2.75, 3.05) is 19.6 Å². The second-order valence-corrected chi connectivity index (χ2v) is 3.12. The highest BCUT2D eigenvalue weighted by Gasteiger charge is 2.35. The predicted molar refractivity (Wildman–Crippen MR) is 47.3 cm³/mol. The van der Waals surface area contributed by atoms with Crippen LogP contribution in [0.1, 0.15) is 0 Å². The Morgan fingerprint density at radius 2 is 1.73 bits per heavy atom. The molecule has 0 aromatic carbocycles. The Labute approximate surface area is 84.9 Å². The maximum Gasteiger partial charge on any atom is 0.408 e. The zero-order valence-electron chi connectivity index (χ0n) is 7.79. The summed E-state index contributed by atoms with van der Waals surface area (Å²) >= 11 is 0. The van der Waals surface area contributed by atoms with Crippen LogP contribution in [0.15, 0.2) is 0 Å². The lowest BCUT2D eigenvalue weighted by molar-refractivity contribution is -0.124. The normalized spacial score (nSPS) is 21.2. The highest BCUT2D eigenvalue weighted by Crippen LogP contribution is 2.09. The molecule has 0 spiro atoms. The van der Waals surface area contributed by atoms with E-state index in [0.717, 1.165) is 9.80 Å². The molecule has 4 N–H and O–H groups in total. The molecular formula is C7H11N3O5. The van der Waals surface area contributed by atoms with Crippen LogP contribution >= 0.6 is 0 Å². The minimum atomic E-state index is -1.27. The van der Waals surface area contributed by atoms with Crippen molar-refractivity contribution in [2.24, 2.45) is 5.73 Å². The Bertz CT molecular complexity index is 305. The molecule has 15 heavy (non-hydrogen) atoms. The quantitative estimate of drug-likeness (QED) is 0.509. The Morgan fingerprint density at radius 1 is 1.13 bits per heavy atom. The van der Waals surface area contributed by atoms with Gasteiger partial charge in [-0.15, -0.1) is 0 Å².